The zero-order chi connectivity index (χ0) is 11.1. The second-order valence-corrected chi connectivity index (χ2v) is 3.12. The molecule has 1 heterocycles. The van der Waals surface area contributed by atoms with Crippen LogP contribution in [-0.2, 0) is 22.6 Å². The summed E-state index contributed by atoms with van der Waals surface area (Å²) in [7, 11) is 0. The van der Waals surface area contributed by atoms with Crippen molar-refractivity contribution >= 4 is 12.4 Å². The van der Waals surface area contributed by atoms with Crippen LogP contribution < -0.4 is 5.32 Å². The third-order valence-electron chi connectivity index (χ3n) is 2.01. The van der Waals surface area contributed by atoms with E-state index in [2.05, 4.69) is 5.32 Å². The van der Waals surface area contributed by atoms with Crippen molar-refractivity contribution in [3.8, 4) is 0 Å². The highest BCUT2D eigenvalue weighted by molar-refractivity contribution is 5.66. The molecule has 0 aromatic carbocycles. The third kappa shape index (κ3) is 3.84. The van der Waals surface area contributed by atoms with Gasteiger partial charge in [-0.25, -0.2) is 0 Å². The number of carboxylic acids is 1. The summed E-state index contributed by atoms with van der Waals surface area (Å²) in [6.45, 7) is 0.419. The van der Waals surface area contributed by atoms with Crippen LogP contribution in [0.1, 0.15) is 24.2 Å². The summed E-state index contributed by atoms with van der Waals surface area (Å²) in [5, 5.41) is 11.0. The lowest BCUT2D eigenvalue weighted by Gasteiger charge is -2.00. The lowest BCUT2D eigenvalue weighted by molar-refractivity contribution is -0.137. The zero-order valence-electron chi connectivity index (χ0n) is 8.23. The van der Waals surface area contributed by atoms with Crippen LogP contribution >= 0.6 is 0 Å². The van der Waals surface area contributed by atoms with E-state index in [-0.39, 0.29) is 6.42 Å². The molecule has 0 saturated heterocycles. The predicted octanol–water partition coefficient (Wildman–Crippen LogP) is 0.933. The van der Waals surface area contributed by atoms with Crippen molar-refractivity contribution in [3.63, 3.8) is 0 Å². The summed E-state index contributed by atoms with van der Waals surface area (Å²) in [6, 6.07) is 1.77. The number of hydrogen-bond donors (Lipinski definition) is 2. The van der Waals surface area contributed by atoms with Crippen LogP contribution in [-0.4, -0.2) is 17.5 Å². The van der Waals surface area contributed by atoms with Crippen LogP contribution in [0.5, 0.6) is 0 Å². The fourth-order valence-corrected chi connectivity index (χ4v) is 1.30. The van der Waals surface area contributed by atoms with Gasteiger partial charge in [0.05, 0.1) is 6.26 Å². The standard InChI is InChI=1S/C10H13NO4/c12-7-11-6-8-4-5-15-9(8)2-1-3-10(13)14/h4-5,7H,1-3,6H2,(H,11,12)(H,13,14). The smallest absolute Gasteiger partial charge is 0.303 e. The van der Waals surface area contributed by atoms with Crippen LogP contribution in [0.15, 0.2) is 16.7 Å². The fourth-order valence-electron chi connectivity index (χ4n) is 1.30. The summed E-state index contributed by atoms with van der Waals surface area (Å²) >= 11 is 0. The van der Waals surface area contributed by atoms with E-state index in [1.165, 1.54) is 6.26 Å². The zero-order valence-corrected chi connectivity index (χ0v) is 8.23. The minimum absolute atomic E-state index is 0.126. The predicted molar refractivity (Wildman–Crippen MR) is 52.2 cm³/mol. The first-order valence-electron chi connectivity index (χ1n) is 4.68. The average Bonchev–Trinajstić information content (AvgIpc) is 2.62. The van der Waals surface area contributed by atoms with Gasteiger partial charge in [0.2, 0.25) is 6.41 Å². The van der Waals surface area contributed by atoms with E-state index in [1.54, 1.807) is 6.07 Å². The van der Waals surface area contributed by atoms with Crippen molar-refractivity contribution in [3.05, 3.63) is 23.7 Å². The second kappa shape index (κ2) is 5.85. The topological polar surface area (TPSA) is 79.5 Å². The van der Waals surface area contributed by atoms with Gasteiger partial charge in [-0.15, -0.1) is 0 Å². The van der Waals surface area contributed by atoms with Gasteiger partial charge in [-0.2, -0.15) is 0 Å². The molecule has 0 saturated carbocycles. The van der Waals surface area contributed by atoms with Crippen molar-refractivity contribution < 1.29 is 19.1 Å². The lowest BCUT2D eigenvalue weighted by atomic mass is 10.1. The molecule has 0 unspecified atom stereocenters. The Labute approximate surface area is 87.1 Å². The van der Waals surface area contributed by atoms with E-state index in [4.69, 9.17) is 9.52 Å². The Hall–Kier alpha value is -1.78. The largest absolute Gasteiger partial charge is 0.481 e. The highest BCUT2D eigenvalue weighted by Crippen LogP contribution is 2.13. The highest BCUT2D eigenvalue weighted by Gasteiger charge is 2.06. The van der Waals surface area contributed by atoms with E-state index >= 15 is 0 Å². The number of nitrogens with one attached hydrogen (secondary N) is 1. The molecule has 1 aromatic heterocycles. The minimum atomic E-state index is -0.811. The number of aryl methyl sites for hydroxylation is 1. The maximum atomic E-state index is 10.3. The molecular weight excluding hydrogens is 198 g/mol. The summed E-state index contributed by atoms with van der Waals surface area (Å²) in [4.78, 5) is 20.4. The van der Waals surface area contributed by atoms with Gasteiger partial charge in [-0.3, -0.25) is 9.59 Å². The normalized spacial score (nSPS) is 9.87. The van der Waals surface area contributed by atoms with Crippen LogP contribution in [0.2, 0.25) is 0 Å². The maximum Gasteiger partial charge on any atom is 0.303 e. The summed E-state index contributed by atoms with van der Waals surface area (Å²) in [5.41, 5.74) is 0.896. The molecular formula is C10H13NO4. The number of carbonyl (C=O) groups is 2. The molecule has 0 atom stereocenters. The van der Waals surface area contributed by atoms with E-state index in [0.29, 0.717) is 25.8 Å². The summed E-state index contributed by atoms with van der Waals surface area (Å²) < 4.78 is 5.19. The van der Waals surface area contributed by atoms with Gasteiger partial charge in [0, 0.05) is 24.9 Å². The van der Waals surface area contributed by atoms with Gasteiger partial charge in [-0.1, -0.05) is 0 Å². The number of carboxylic acid groups (broad SMARTS) is 1. The molecule has 5 heteroatoms. The Balaban J connectivity index is 2.42. The van der Waals surface area contributed by atoms with Crippen molar-refractivity contribution in [1.29, 1.82) is 0 Å². The van der Waals surface area contributed by atoms with Gasteiger partial charge >= 0.3 is 5.97 Å². The Morgan fingerprint density at radius 1 is 1.60 bits per heavy atom. The lowest BCUT2D eigenvalue weighted by Crippen LogP contribution is -2.10. The monoisotopic (exact) mass is 211 g/mol. The second-order valence-electron chi connectivity index (χ2n) is 3.12. The number of hydrogen-bond acceptors (Lipinski definition) is 3. The van der Waals surface area contributed by atoms with E-state index < -0.39 is 5.97 Å². The van der Waals surface area contributed by atoms with Crippen LogP contribution in [0.3, 0.4) is 0 Å². The average molecular weight is 211 g/mol. The number of aliphatic carboxylic acids is 1. The van der Waals surface area contributed by atoms with Crippen molar-refractivity contribution in [2.75, 3.05) is 0 Å². The van der Waals surface area contributed by atoms with Crippen molar-refractivity contribution in [2.45, 2.75) is 25.8 Å². The van der Waals surface area contributed by atoms with Gasteiger partial charge in [-0.05, 0) is 12.5 Å². The Morgan fingerprint density at radius 3 is 3.07 bits per heavy atom. The Morgan fingerprint density at radius 2 is 2.40 bits per heavy atom. The molecule has 0 aliphatic heterocycles. The third-order valence-corrected chi connectivity index (χ3v) is 2.01. The van der Waals surface area contributed by atoms with E-state index in [1.807, 2.05) is 0 Å². The Kier molecular flexibility index (Phi) is 4.40. The first kappa shape index (κ1) is 11.3. The van der Waals surface area contributed by atoms with Gasteiger partial charge in [0.15, 0.2) is 0 Å². The molecule has 0 spiro atoms. The van der Waals surface area contributed by atoms with E-state index in [9.17, 15) is 9.59 Å². The molecule has 15 heavy (non-hydrogen) atoms. The number of amides is 1. The van der Waals surface area contributed by atoms with Crippen molar-refractivity contribution in [2.24, 2.45) is 0 Å². The number of carbonyl (C=O) groups excluding carboxylic acids is 1. The quantitative estimate of drug-likeness (QED) is 0.657. The van der Waals surface area contributed by atoms with Gasteiger partial charge in [0.25, 0.3) is 0 Å². The molecule has 0 radical (unpaired) electrons. The van der Waals surface area contributed by atoms with Crippen LogP contribution in [0.25, 0.3) is 0 Å². The van der Waals surface area contributed by atoms with Crippen LogP contribution in [0.4, 0.5) is 0 Å². The number of furan rings is 1. The number of rotatable bonds is 7. The molecule has 5 nitrogen and oxygen atoms in total. The maximum absolute atomic E-state index is 10.3. The SMILES string of the molecule is O=CNCc1ccoc1CCCC(=O)O. The van der Waals surface area contributed by atoms with Gasteiger partial charge in [0.1, 0.15) is 5.76 Å². The molecule has 0 aliphatic carbocycles. The molecule has 0 bridgehead atoms. The molecule has 2 N–H and O–H groups in total. The molecule has 0 aliphatic rings. The van der Waals surface area contributed by atoms with Crippen molar-refractivity contribution in [1.82, 2.24) is 5.32 Å². The summed E-state index contributed by atoms with van der Waals surface area (Å²) in [6.07, 6.45) is 3.40. The minimum Gasteiger partial charge on any atom is -0.481 e. The van der Waals surface area contributed by atoms with Gasteiger partial charge < -0.3 is 14.8 Å². The first-order valence-corrected chi connectivity index (χ1v) is 4.68. The Bertz CT molecular complexity index is 332. The highest BCUT2D eigenvalue weighted by atomic mass is 16.4. The molecule has 0 fully saturated rings. The summed E-state index contributed by atoms with van der Waals surface area (Å²) in [5.74, 6) is -0.0697. The fraction of sp³-hybridized carbons (Fsp3) is 0.400. The molecule has 1 amide bonds. The molecule has 1 rings (SSSR count). The first-order chi connectivity index (χ1) is 7.24. The molecule has 82 valence electrons. The van der Waals surface area contributed by atoms with E-state index in [0.717, 1.165) is 11.3 Å². The van der Waals surface area contributed by atoms with Crippen LogP contribution in [0, 0.1) is 0 Å². The molecule has 1 aromatic rings.